The lowest BCUT2D eigenvalue weighted by Crippen LogP contribution is -2.52. The Labute approximate surface area is 121 Å². The number of halogens is 1. The molecule has 2 rings (SSSR count). The van der Waals surface area contributed by atoms with E-state index in [2.05, 4.69) is 20.8 Å². The Balaban J connectivity index is 2.33. The number of anilines is 1. The molecule has 0 bridgehead atoms. The van der Waals surface area contributed by atoms with Gasteiger partial charge in [0.1, 0.15) is 0 Å². The largest absolute Gasteiger partial charge is 0.478 e. The Morgan fingerprint density at radius 2 is 2.16 bits per heavy atom. The van der Waals surface area contributed by atoms with Crippen LogP contribution in [0.15, 0.2) is 22.7 Å². The first-order valence-electron chi connectivity index (χ1n) is 6.23. The lowest BCUT2D eigenvalue weighted by atomic mass is 10.0. The van der Waals surface area contributed by atoms with Gasteiger partial charge >= 0.3 is 5.97 Å². The number of benzene rings is 1. The third kappa shape index (κ3) is 3.48. The average molecular weight is 328 g/mol. The van der Waals surface area contributed by atoms with Gasteiger partial charge in [0.15, 0.2) is 0 Å². The van der Waals surface area contributed by atoms with Crippen LogP contribution in [0.2, 0.25) is 0 Å². The van der Waals surface area contributed by atoms with E-state index in [0.29, 0.717) is 5.56 Å². The summed E-state index contributed by atoms with van der Waals surface area (Å²) < 4.78 is 6.64. The van der Waals surface area contributed by atoms with E-state index in [4.69, 9.17) is 9.84 Å². The van der Waals surface area contributed by atoms with Gasteiger partial charge < -0.3 is 14.7 Å². The van der Waals surface area contributed by atoms with Gasteiger partial charge in [0.2, 0.25) is 0 Å². The van der Waals surface area contributed by atoms with E-state index in [-0.39, 0.29) is 11.7 Å². The van der Waals surface area contributed by atoms with Crippen molar-refractivity contribution in [3.63, 3.8) is 0 Å². The number of morpholine rings is 1. The molecule has 0 radical (unpaired) electrons. The standard InChI is InChI=1S/C14H18BrNO3/c1-9-7-16(8-14(2,3)19-9)12-5-10(13(17)18)4-11(15)6-12/h4-6,9H,7-8H2,1-3H3,(H,17,18). The fourth-order valence-electron chi connectivity index (χ4n) is 2.53. The van der Waals surface area contributed by atoms with Gasteiger partial charge in [-0.1, -0.05) is 15.9 Å². The van der Waals surface area contributed by atoms with Crippen molar-refractivity contribution in [1.82, 2.24) is 0 Å². The van der Waals surface area contributed by atoms with Gasteiger partial charge in [-0.3, -0.25) is 0 Å². The molecule has 0 spiro atoms. The number of ether oxygens (including phenoxy) is 1. The summed E-state index contributed by atoms with van der Waals surface area (Å²) in [5.41, 5.74) is 0.972. The number of carboxylic acids is 1. The molecule has 1 aliphatic heterocycles. The van der Waals surface area contributed by atoms with Gasteiger partial charge in [-0.05, 0) is 39.0 Å². The van der Waals surface area contributed by atoms with Gasteiger partial charge in [0, 0.05) is 23.2 Å². The summed E-state index contributed by atoms with van der Waals surface area (Å²) in [6.07, 6.45) is 0.121. The molecule has 1 saturated heterocycles. The molecule has 0 amide bonds. The van der Waals surface area contributed by atoms with Crippen molar-refractivity contribution in [1.29, 1.82) is 0 Å². The molecule has 0 aromatic heterocycles. The topological polar surface area (TPSA) is 49.8 Å². The van der Waals surface area contributed by atoms with E-state index in [1.54, 1.807) is 12.1 Å². The van der Waals surface area contributed by atoms with Crippen LogP contribution < -0.4 is 4.90 Å². The molecule has 19 heavy (non-hydrogen) atoms. The quantitative estimate of drug-likeness (QED) is 0.906. The van der Waals surface area contributed by atoms with Crippen LogP contribution in [0.4, 0.5) is 5.69 Å². The van der Waals surface area contributed by atoms with Crippen molar-refractivity contribution >= 4 is 27.6 Å². The van der Waals surface area contributed by atoms with Crippen LogP contribution in [-0.4, -0.2) is 35.9 Å². The maximum Gasteiger partial charge on any atom is 0.335 e. The highest BCUT2D eigenvalue weighted by molar-refractivity contribution is 9.10. The third-order valence-electron chi connectivity index (χ3n) is 3.06. The second-order valence-corrected chi connectivity index (χ2v) is 6.49. The molecular formula is C14H18BrNO3. The molecule has 0 aliphatic carbocycles. The fourth-order valence-corrected chi connectivity index (χ4v) is 3.01. The molecule has 1 N–H and O–H groups in total. The first-order chi connectivity index (χ1) is 8.77. The van der Waals surface area contributed by atoms with E-state index in [1.165, 1.54) is 0 Å². The number of hydrogen-bond acceptors (Lipinski definition) is 3. The molecule has 1 aliphatic rings. The number of hydrogen-bond donors (Lipinski definition) is 1. The van der Waals surface area contributed by atoms with E-state index >= 15 is 0 Å². The second-order valence-electron chi connectivity index (χ2n) is 5.57. The van der Waals surface area contributed by atoms with Gasteiger partial charge in [-0.25, -0.2) is 4.79 Å². The first kappa shape index (κ1) is 14.3. The molecule has 104 valence electrons. The van der Waals surface area contributed by atoms with Crippen molar-refractivity contribution in [3.8, 4) is 0 Å². The summed E-state index contributed by atoms with van der Waals surface area (Å²) in [7, 11) is 0. The van der Waals surface area contributed by atoms with Gasteiger partial charge in [-0.2, -0.15) is 0 Å². The van der Waals surface area contributed by atoms with Crippen LogP contribution in [0.25, 0.3) is 0 Å². The summed E-state index contributed by atoms with van der Waals surface area (Å²) in [4.78, 5) is 13.3. The van der Waals surface area contributed by atoms with E-state index in [1.807, 2.05) is 26.8 Å². The third-order valence-corrected chi connectivity index (χ3v) is 3.52. The fraction of sp³-hybridized carbons (Fsp3) is 0.500. The van der Waals surface area contributed by atoms with Crippen molar-refractivity contribution < 1.29 is 14.6 Å². The molecule has 1 heterocycles. The smallest absolute Gasteiger partial charge is 0.335 e. The van der Waals surface area contributed by atoms with Crippen molar-refractivity contribution in [2.75, 3.05) is 18.0 Å². The zero-order valence-electron chi connectivity index (χ0n) is 11.3. The summed E-state index contributed by atoms with van der Waals surface area (Å²) in [6, 6.07) is 5.27. The summed E-state index contributed by atoms with van der Waals surface area (Å²) in [5, 5.41) is 9.12. The molecule has 5 heteroatoms. The molecular weight excluding hydrogens is 310 g/mol. The maximum atomic E-state index is 11.1. The van der Waals surface area contributed by atoms with Crippen LogP contribution in [0.3, 0.4) is 0 Å². The second kappa shape index (κ2) is 5.13. The van der Waals surface area contributed by atoms with Crippen molar-refractivity contribution in [3.05, 3.63) is 28.2 Å². The Bertz CT molecular complexity index is 501. The zero-order valence-corrected chi connectivity index (χ0v) is 12.9. The lowest BCUT2D eigenvalue weighted by Gasteiger charge is -2.43. The predicted octanol–water partition coefficient (Wildman–Crippen LogP) is 3.15. The Hall–Kier alpha value is -1.07. The number of carboxylic acid groups (broad SMARTS) is 1. The highest BCUT2D eigenvalue weighted by Crippen LogP contribution is 2.29. The van der Waals surface area contributed by atoms with Crippen molar-refractivity contribution in [2.24, 2.45) is 0 Å². The van der Waals surface area contributed by atoms with Crippen molar-refractivity contribution in [2.45, 2.75) is 32.5 Å². The monoisotopic (exact) mass is 327 g/mol. The molecule has 0 saturated carbocycles. The lowest BCUT2D eigenvalue weighted by molar-refractivity contribution is -0.0749. The Morgan fingerprint density at radius 3 is 2.74 bits per heavy atom. The molecule has 1 unspecified atom stereocenters. The number of aromatic carboxylic acids is 1. The van der Waals surface area contributed by atoms with Crippen LogP contribution in [0.1, 0.15) is 31.1 Å². The molecule has 1 fully saturated rings. The maximum absolute atomic E-state index is 11.1. The van der Waals surface area contributed by atoms with Crippen LogP contribution in [0.5, 0.6) is 0 Å². The average Bonchev–Trinajstić information content (AvgIpc) is 2.25. The highest BCUT2D eigenvalue weighted by Gasteiger charge is 2.31. The molecule has 4 nitrogen and oxygen atoms in total. The first-order valence-corrected chi connectivity index (χ1v) is 7.03. The van der Waals surface area contributed by atoms with Crippen LogP contribution in [0, 0.1) is 0 Å². The Kier molecular flexibility index (Phi) is 3.87. The van der Waals surface area contributed by atoms with E-state index in [9.17, 15) is 4.79 Å². The van der Waals surface area contributed by atoms with Crippen LogP contribution >= 0.6 is 15.9 Å². The molecule has 1 aromatic rings. The van der Waals surface area contributed by atoms with Gasteiger partial charge in [-0.15, -0.1) is 0 Å². The van der Waals surface area contributed by atoms with Gasteiger partial charge in [0.05, 0.1) is 17.3 Å². The summed E-state index contributed by atoms with van der Waals surface area (Å²) >= 11 is 3.37. The minimum atomic E-state index is -0.914. The highest BCUT2D eigenvalue weighted by atomic mass is 79.9. The number of nitrogens with zero attached hydrogens (tertiary/aromatic N) is 1. The zero-order chi connectivity index (χ0) is 14.2. The number of rotatable bonds is 2. The van der Waals surface area contributed by atoms with Gasteiger partial charge in [0.25, 0.3) is 0 Å². The molecule has 1 atom stereocenters. The van der Waals surface area contributed by atoms with E-state index < -0.39 is 5.97 Å². The van der Waals surface area contributed by atoms with Crippen LogP contribution in [-0.2, 0) is 4.74 Å². The Morgan fingerprint density at radius 1 is 1.47 bits per heavy atom. The minimum absolute atomic E-state index is 0.121. The normalized spacial score (nSPS) is 22.3. The predicted molar refractivity (Wildman–Crippen MR) is 77.9 cm³/mol. The molecule has 1 aromatic carbocycles. The minimum Gasteiger partial charge on any atom is -0.478 e. The summed E-state index contributed by atoms with van der Waals surface area (Å²) in [6.45, 7) is 7.63. The SMILES string of the molecule is CC1CN(c2cc(Br)cc(C(=O)O)c2)CC(C)(C)O1. The van der Waals surface area contributed by atoms with E-state index in [0.717, 1.165) is 23.2 Å². The number of carbonyl (C=O) groups is 1. The summed E-state index contributed by atoms with van der Waals surface area (Å²) in [5.74, 6) is -0.914.